The molecule has 0 saturated carbocycles. The fourth-order valence-corrected chi connectivity index (χ4v) is 2.03. The first kappa shape index (κ1) is 10.9. The minimum absolute atomic E-state index is 0.124. The highest BCUT2D eigenvalue weighted by molar-refractivity contribution is 5.90. The van der Waals surface area contributed by atoms with Crippen molar-refractivity contribution >= 4 is 5.78 Å². The van der Waals surface area contributed by atoms with Crippen LogP contribution in [0.25, 0.3) is 11.3 Å². The van der Waals surface area contributed by atoms with Crippen molar-refractivity contribution in [2.75, 3.05) is 6.61 Å². The molecule has 0 unspecified atom stereocenters. The number of hydrogen-bond acceptors (Lipinski definition) is 4. The van der Waals surface area contributed by atoms with Gasteiger partial charge in [0, 0.05) is 25.1 Å². The molecule has 0 saturated heterocycles. The molecule has 4 nitrogen and oxygen atoms in total. The highest BCUT2D eigenvalue weighted by Gasteiger charge is 2.13. The molecule has 0 amide bonds. The quantitative estimate of drug-likeness (QED) is 0.756. The van der Waals surface area contributed by atoms with Gasteiger partial charge in [0.05, 0.1) is 12.3 Å². The second-order valence-electron chi connectivity index (χ2n) is 4.24. The lowest BCUT2D eigenvalue weighted by molar-refractivity contribution is 0.100. The number of hydrogen-bond donors (Lipinski definition) is 0. The topological polar surface area (TPSA) is 52.1 Å². The number of aromatic nitrogens is 2. The van der Waals surface area contributed by atoms with Crippen LogP contribution in [-0.2, 0) is 6.42 Å². The molecule has 0 atom stereocenters. The number of fused-ring (bicyclic) bond motifs is 1. The third-order valence-electron chi connectivity index (χ3n) is 2.96. The molecule has 1 aliphatic heterocycles. The summed E-state index contributed by atoms with van der Waals surface area (Å²) >= 11 is 0. The Labute approximate surface area is 105 Å². The molecule has 2 heterocycles. The maximum atomic E-state index is 11.3. The van der Waals surface area contributed by atoms with Gasteiger partial charge in [-0.2, -0.15) is 0 Å². The normalized spacial score (nSPS) is 12.9. The molecule has 0 aliphatic carbocycles. The number of nitrogens with zero attached hydrogens (tertiary/aromatic N) is 2. The first-order valence-corrected chi connectivity index (χ1v) is 5.84. The molecule has 90 valence electrons. The average molecular weight is 240 g/mol. The highest BCUT2D eigenvalue weighted by atomic mass is 16.5. The lowest BCUT2D eigenvalue weighted by Crippen LogP contribution is -2.01. The van der Waals surface area contributed by atoms with Crippen LogP contribution in [-0.4, -0.2) is 22.4 Å². The van der Waals surface area contributed by atoms with E-state index in [4.69, 9.17) is 4.74 Å². The van der Waals surface area contributed by atoms with Crippen molar-refractivity contribution in [2.45, 2.75) is 13.3 Å². The van der Waals surface area contributed by atoms with Crippen molar-refractivity contribution in [3.8, 4) is 17.0 Å². The molecule has 1 aliphatic rings. The largest absolute Gasteiger partial charge is 0.493 e. The second-order valence-corrected chi connectivity index (χ2v) is 4.24. The zero-order valence-corrected chi connectivity index (χ0v) is 10.0. The Kier molecular flexibility index (Phi) is 2.55. The van der Waals surface area contributed by atoms with Gasteiger partial charge in [0.25, 0.3) is 0 Å². The van der Waals surface area contributed by atoms with E-state index in [0.717, 1.165) is 30.0 Å². The minimum Gasteiger partial charge on any atom is -0.493 e. The van der Waals surface area contributed by atoms with Gasteiger partial charge in [-0.3, -0.25) is 4.79 Å². The van der Waals surface area contributed by atoms with Crippen molar-refractivity contribution in [3.63, 3.8) is 0 Å². The van der Waals surface area contributed by atoms with Gasteiger partial charge in [-0.05, 0) is 29.8 Å². The molecule has 0 fully saturated rings. The third-order valence-corrected chi connectivity index (χ3v) is 2.96. The minimum atomic E-state index is -0.124. The standard InChI is InChI=1S/C14H12N2O2/c1-9(17)14-15-6-4-12(16-14)10-2-3-13-11(8-10)5-7-18-13/h2-4,6,8H,5,7H2,1H3. The molecule has 0 bridgehead atoms. The van der Waals surface area contributed by atoms with Crippen LogP contribution in [0, 0.1) is 0 Å². The van der Waals surface area contributed by atoms with Crippen molar-refractivity contribution in [1.82, 2.24) is 9.97 Å². The van der Waals surface area contributed by atoms with E-state index in [9.17, 15) is 4.79 Å². The summed E-state index contributed by atoms with van der Waals surface area (Å²) in [4.78, 5) is 19.5. The Morgan fingerprint density at radius 3 is 3.06 bits per heavy atom. The molecule has 1 aromatic heterocycles. The van der Waals surface area contributed by atoms with Gasteiger partial charge < -0.3 is 4.74 Å². The number of Topliss-reactive ketones (excluding diaryl/α,β-unsaturated/α-hetero) is 1. The van der Waals surface area contributed by atoms with Crippen molar-refractivity contribution in [2.24, 2.45) is 0 Å². The summed E-state index contributed by atoms with van der Waals surface area (Å²) in [6.07, 6.45) is 2.54. The Balaban J connectivity index is 2.04. The van der Waals surface area contributed by atoms with E-state index in [1.165, 1.54) is 12.5 Å². The monoisotopic (exact) mass is 240 g/mol. The van der Waals surface area contributed by atoms with Crippen molar-refractivity contribution in [3.05, 3.63) is 41.9 Å². The summed E-state index contributed by atoms with van der Waals surface area (Å²) in [5.74, 6) is 1.07. The number of ketones is 1. The number of benzene rings is 1. The van der Waals surface area contributed by atoms with Crippen LogP contribution < -0.4 is 4.74 Å². The zero-order valence-electron chi connectivity index (χ0n) is 10.0. The molecule has 2 aromatic rings. The molecule has 0 radical (unpaired) electrons. The van der Waals surface area contributed by atoms with Gasteiger partial charge >= 0.3 is 0 Å². The SMILES string of the molecule is CC(=O)c1nccc(-c2ccc3c(c2)CCO3)n1. The predicted octanol–water partition coefficient (Wildman–Crippen LogP) is 2.28. The summed E-state index contributed by atoms with van der Waals surface area (Å²) < 4.78 is 5.46. The summed E-state index contributed by atoms with van der Waals surface area (Å²) in [7, 11) is 0. The molecular weight excluding hydrogens is 228 g/mol. The number of rotatable bonds is 2. The fraction of sp³-hybridized carbons (Fsp3) is 0.214. The Morgan fingerprint density at radius 1 is 1.33 bits per heavy atom. The van der Waals surface area contributed by atoms with Gasteiger partial charge in [-0.1, -0.05) is 0 Å². The lowest BCUT2D eigenvalue weighted by Gasteiger charge is -2.04. The van der Waals surface area contributed by atoms with Gasteiger partial charge in [-0.25, -0.2) is 9.97 Å². The van der Waals surface area contributed by atoms with E-state index in [1.807, 2.05) is 18.2 Å². The van der Waals surface area contributed by atoms with Crippen LogP contribution in [0.2, 0.25) is 0 Å². The smallest absolute Gasteiger partial charge is 0.196 e. The maximum Gasteiger partial charge on any atom is 0.196 e. The lowest BCUT2D eigenvalue weighted by atomic mass is 10.1. The van der Waals surface area contributed by atoms with E-state index in [0.29, 0.717) is 0 Å². The van der Waals surface area contributed by atoms with Crippen LogP contribution in [0.1, 0.15) is 23.1 Å². The van der Waals surface area contributed by atoms with E-state index < -0.39 is 0 Å². The van der Waals surface area contributed by atoms with Crippen LogP contribution in [0.5, 0.6) is 5.75 Å². The van der Waals surface area contributed by atoms with E-state index in [-0.39, 0.29) is 11.6 Å². The Bertz CT molecular complexity index is 623. The first-order chi connectivity index (χ1) is 8.74. The number of carbonyl (C=O) groups is 1. The van der Waals surface area contributed by atoms with Crippen molar-refractivity contribution < 1.29 is 9.53 Å². The number of carbonyl (C=O) groups excluding carboxylic acids is 1. The van der Waals surface area contributed by atoms with Gasteiger partial charge in [-0.15, -0.1) is 0 Å². The van der Waals surface area contributed by atoms with E-state index >= 15 is 0 Å². The summed E-state index contributed by atoms with van der Waals surface area (Å²) in [6, 6.07) is 7.78. The predicted molar refractivity (Wildman–Crippen MR) is 66.7 cm³/mol. The van der Waals surface area contributed by atoms with Crippen molar-refractivity contribution in [1.29, 1.82) is 0 Å². The van der Waals surface area contributed by atoms with Crippen LogP contribution in [0.15, 0.2) is 30.5 Å². The second kappa shape index (κ2) is 4.22. The highest BCUT2D eigenvalue weighted by Crippen LogP contribution is 2.29. The molecule has 3 rings (SSSR count). The average Bonchev–Trinajstić information content (AvgIpc) is 2.86. The molecule has 18 heavy (non-hydrogen) atoms. The summed E-state index contributed by atoms with van der Waals surface area (Å²) in [6.45, 7) is 2.21. The Morgan fingerprint density at radius 2 is 2.22 bits per heavy atom. The van der Waals surface area contributed by atoms with Gasteiger partial charge in [0.2, 0.25) is 0 Å². The third kappa shape index (κ3) is 1.86. The number of ether oxygens (including phenoxy) is 1. The zero-order chi connectivity index (χ0) is 12.5. The molecule has 1 aromatic carbocycles. The van der Waals surface area contributed by atoms with Crippen LogP contribution in [0.4, 0.5) is 0 Å². The van der Waals surface area contributed by atoms with Crippen LogP contribution >= 0.6 is 0 Å². The molecular formula is C14H12N2O2. The Hall–Kier alpha value is -2.23. The van der Waals surface area contributed by atoms with E-state index in [2.05, 4.69) is 16.0 Å². The van der Waals surface area contributed by atoms with Gasteiger partial charge in [0.1, 0.15) is 5.75 Å². The van der Waals surface area contributed by atoms with Crippen LogP contribution in [0.3, 0.4) is 0 Å². The maximum absolute atomic E-state index is 11.3. The van der Waals surface area contributed by atoms with E-state index in [1.54, 1.807) is 6.20 Å². The first-order valence-electron chi connectivity index (χ1n) is 5.84. The molecule has 4 heteroatoms. The summed E-state index contributed by atoms with van der Waals surface area (Å²) in [5.41, 5.74) is 2.95. The van der Waals surface area contributed by atoms with Gasteiger partial charge in [0.15, 0.2) is 11.6 Å². The fourth-order valence-electron chi connectivity index (χ4n) is 2.03. The summed E-state index contributed by atoms with van der Waals surface area (Å²) in [5, 5.41) is 0. The molecule has 0 N–H and O–H groups in total. The molecule has 0 spiro atoms.